The SMILES string of the molecule is CCCCCCCCCC(Oc1ccccc1)(c1ccc(C)cc1)C(CO)(CO)CO. The summed E-state index contributed by atoms with van der Waals surface area (Å²) in [5.41, 5.74) is -0.287. The molecule has 2 aromatic carbocycles. The molecular weight excluding hydrogens is 388 g/mol. The maximum atomic E-state index is 10.4. The third kappa shape index (κ3) is 6.31. The van der Waals surface area contributed by atoms with Crippen LogP contribution in [0.5, 0.6) is 5.75 Å². The van der Waals surface area contributed by atoms with Gasteiger partial charge in [0, 0.05) is 0 Å². The molecule has 2 rings (SSSR count). The molecule has 4 nitrogen and oxygen atoms in total. The molecule has 31 heavy (non-hydrogen) atoms. The van der Waals surface area contributed by atoms with Crippen LogP contribution in [0.2, 0.25) is 0 Å². The molecule has 3 N–H and O–H groups in total. The Labute approximate surface area is 187 Å². The number of aliphatic hydroxyl groups excluding tert-OH is 3. The van der Waals surface area contributed by atoms with Gasteiger partial charge in [-0.3, -0.25) is 0 Å². The number of rotatable bonds is 15. The first-order valence-electron chi connectivity index (χ1n) is 11.7. The average molecular weight is 429 g/mol. The lowest BCUT2D eigenvalue weighted by Crippen LogP contribution is -2.56. The van der Waals surface area contributed by atoms with Gasteiger partial charge in [0.15, 0.2) is 0 Å². The molecule has 1 atom stereocenters. The summed E-state index contributed by atoms with van der Waals surface area (Å²) in [5.74, 6) is 0.658. The monoisotopic (exact) mass is 428 g/mol. The van der Waals surface area contributed by atoms with Crippen molar-refractivity contribution in [1.82, 2.24) is 0 Å². The fourth-order valence-corrected chi connectivity index (χ4v) is 4.31. The van der Waals surface area contributed by atoms with Crippen LogP contribution in [0.1, 0.15) is 69.4 Å². The summed E-state index contributed by atoms with van der Waals surface area (Å²) in [6, 6.07) is 17.5. The molecule has 172 valence electrons. The Kier molecular flexibility index (Phi) is 10.5. The lowest BCUT2D eigenvalue weighted by molar-refractivity contribution is -0.149. The minimum atomic E-state index is -1.22. The van der Waals surface area contributed by atoms with Crippen molar-refractivity contribution in [3.63, 3.8) is 0 Å². The number of hydrogen-bond acceptors (Lipinski definition) is 4. The molecule has 0 heterocycles. The molecule has 0 aliphatic heterocycles. The molecule has 0 saturated heterocycles. The van der Waals surface area contributed by atoms with Gasteiger partial charge in [-0.15, -0.1) is 0 Å². The van der Waals surface area contributed by atoms with E-state index in [2.05, 4.69) is 6.92 Å². The van der Waals surface area contributed by atoms with Gasteiger partial charge in [0.1, 0.15) is 11.4 Å². The van der Waals surface area contributed by atoms with E-state index in [9.17, 15) is 15.3 Å². The van der Waals surface area contributed by atoms with E-state index >= 15 is 0 Å². The summed E-state index contributed by atoms with van der Waals surface area (Å²) in [4.78, 5) is 0. The number of hydrogen-bond donors (Lipinski definition) is 3. The molecular formula is C27H40O4. The molecule has 4 heteroatoms. The van der Waals surface area contributed by atoms with Crippen LogP contribution in [0.3, 0.4) is 0 Å². The van der Waals surface area contributed by atoms with Crippen LogP contribution in [0, 0.1) is 12.3 Å². The number of unbranched alkanes of at least 4 members (excludes halogenated alkanes) is 6. The molecule has 2 aromatic rings. The van der Waals surface area contributed by atoms with Crippen molar-refractivity contribution >= 4 is 0 Å². The Bertz CT molecular complexity index is 716. The quantitative estimate of drug-likeness (QED) is 0.333. The van der Waals surface area contributed by atoms with Crippen LogP contribution in [-0.4, -0.2) is 35.1 Å². The average Bonchev–Trinajstić information content (AvgIpc) is 2.80. The van der Waals surface area contributed by atoms with Crippen LogP contribution in [-0.2, 0) is 5.60 Å². The highest BCUT2D eigenvalue weighted by atomic mass is 16.5. The zero-order valence-corrected chi connectivity index (χ0v) is 19.2. The van der Waals surface area contributed by atoms with Gasteiger partial charge in [-0.1, -0.05) is 93.5 Å². The predicted molar refractivity (Wildman–Crippen MR) is 126 cm³/mol. The molecule has 0 aliphatic carbocycles. The molecule has 0 aromatic heterocycles. The van der Waals surface area contributed by atoms with E-state index in [1.165, 1.54) is 25.7 Å². The minimum absolute atomic E-state index is 0.378. The number of benzene rings is 2. The third-order valence-electron chi connectivity index (χ3n) is 6.45. The number of para-hydroxylation sites is 1. The first-order valence-corrected chi connectivity index (χ1v) is 11.7. The molecule has 0 fully saturated rings. The van der Waals surface area contributed by atoms with Crippen LogP contribution in [0.25, 0.3) is 0 Å². The van der Waals surface area contributed by atoms with Crippen molar-refractivity contribution in [3.8, 4) is 5.75 Å². The number of aryl methyl sites for hydroxylation is 1. The maximum absolute atomic E-state index is 10.4. The molecule has 0 amide bonds. The normalized spacial score (nSPS) is 13.7. The van der Waals surface area contributed by atoms with Crippen molar-refractivity contribution in [1.29, 1.82) is 0 Å². The Hall–Kier alpha value is -1.88. The first kappa shape index (κ1) is 25.4. The fraction of sp³-hybridized carbons (Fsp3) is 0.556. The Morgan fingerprint density at radius 1 is 0.710 bits per heavy atom. The molecule has 0 saturated carbocycles. The summed E-state index contributed by atoms with van der Waals surface area (Å²) in [6.45, 7) is 3.11. The number of ether oxygens (including phenoxy) is 1. The molecule has 0 bridgehead atoms. The van der Waals surface area contributed by atoms with Crippen LogP contribution in [0.15, 0.2) is 54.6 Å². The van der Waals surface area contributed by atoms with Crippen LogP contribution >= 0.6 is 0 Å². The second kappa shape index (κ2) is 12.8. The summed E-state index contributed by atoms with van der Waals surface area (Å²) < 4.78 is 6.63. The summed E-state index contributed by atoms with van der Waals surface area (Å²) in [5, 5.41) is 31.2. The molecule has 0 aliphatic rings. The Morgan fingerprint density at radius 2 is 1.26 bits per heavy atom. The van der Waals surface area contributed by atoms with E-state index in [1.807, 2.05) is 61.5 Å². The van der Waals surface area contributed by atoms with Gasteiger partial charge in [0.25, 0.3) is 0 Å². The minimum Gasteiger partial charge on any atom is -0.482 e. The standard InChI is InChI=1S/C27H40O4/c1-3-4-5-6-7-8-12-19-27(26(20-28,21-29)22-30,24-17-15-23(2)16-18-24)31-25-13-10-9-11-14-25/h9-11,13-18,28-30H,3-8,12,19-22H2,1-2H3. The van der Waals surface area contributed by atoms with Gasteiger partial charge < -0.3 is 20.1 Å². The third-order valence-corrected chi connectivity index (χ3v) is 6.45. The van der Waals surface area contributed by atoms with Crippen LogP contribution < -0.4 is 4.74 Å². The second-order valence-electron chi connectivity index (χ2n) is 8.73. The van der Waals surface area contributed by atoms with Crippen LogP contribution in [0.4, 0.5) is 0 Å². The molecule has 1 unspecified atom stereocenters. The summed E-state index contributed by atoms with van der Waals surface area (Å²) in [6.07, 6.45) is 8.66. The van der Waals surface area contributed by atoms with Gasteiger partial charge in [0.05, 0.1) is 25.2 Å². The van der Waals surface area contributed by atoms with E-state index in [-0.39, 0.29) is 19.8 Å². The second-order valence-corrected chi connectivity index (χ2v) is 8.73. The van der Waals surface area contributed by atoms with Crippen molar-refractivity contribution < 1.29 is 20.1 Å². The van der Waals surface area contributed by atoms with Gasteiger partial charge in [-0.2, -0.15) is 0 Å². The lowest BCUT2D eigenvalue weighted by Gasteiger charge is -2.48. The van der Waals surface area contributed by atoms with Gasteiger partial charge in [-0.25, -0.2) is 0 Å². The van der Waals surface area contributed by atoms with Crippen molar-refractivity contribution in [2.45, 2.75) is 70.8 Å². The Morgan fingerprint density at radius 3 is 1.81 bits per heavy atom. The topological polar surface area (TPSA) is 69.9 Å². The highest BCUT2D eigenvalue weighted by molar-refractivity contribution is 5.33. The number of aliphatic hydroxyl groups is 3. The van der Waals surface area contributed by atoms with E-state index in [1.54, 1.807) is 0 Å². The lowest BCUT2D eigenvalue weighted by atomic mass is 9.66. The Balaban J connectivity index is 2.40. The van der Waals surface area contributed by atoms with E-state index in [0.717, 1.165) is 30.4 Å². The molecule has 0 radical (unpaired) electrons. The largest absolute Gasteiger partial charge is 0.482 e. The highest BCUT2D eigenvalue weighted by Crippen LogP contribution is 2.47. The van der Waals surface area contributed by atoms with Gasteiger partial charge in [0.2, 0.25) is 0 Å². The summed E-state index contributed by atoms with van der Waals surface area (Å²) in [7, 11) is 0. The summed E-state index contributed by atoms with van der Waals surface area (Å²) >= 11 is 0. The smallest absolute Gasteiger partial charge is 0.146 e. The predicted octanol–water partition coefficient (Wildman–Crippen LogP) is 5.37. The van der Waals surface area contributed by atoms with Crippen molar-refractivity contribution in [2.75, 3.05) is 19.8 Å². The molecule has 0 spiro atoms. The first-order chi connectivity index (χ1) is 15.1. The highest BCUT2D eigenvalue weighted by Gasteiger charge is 2.54. The van der Waals surface area contributed by atoms with E-state index in [0.29, 0.717) is 12.2 Å². The van der Waals surface area contributed by atoms with Gasteiger partial charge >= 0.3 is 0 Å². The van der Waals surface area contributed by atoms with Crippen molar-refractivity contribution in [3.05, 3.63) is 65.7 Å². The van der Waals surface area contributed by atoms with E-state index in [4.69, 9.17) is 4.74 Å². The van der Waals surface area contributed by atoms with E-state index < -0.39 is 11.0 Å². The fourth-order valence-electron chi connectivity index (χ4n) is 4.31. The zero-order valence-electron chi connectivity index (χ0n) is 19.2. The zero-order chi connectivity index (χ0) is 22.6. The van der Waals surface area contributed by atoms with Crippen molar-refractivity contribution in [2.24, 2.45) is 5.41 Å². The maximum Gasteiger partial charge on any atom is 0.146 e. The van der Waals surface area contributed by atoms with Gasteiger partial charge in [-0.05, 0) is 37.5 Å².